The zero-order valence-electron chi connectivity index (χ0n) is 9.22. The van der Waals surface area contributed by atoms with Crippen molar-refractivity contribution < 1.29 is 22.7 Å². The van der Waals surface area contributed by atoms with Crippen LogP contribution in [-0.4, -0.2) is 13.1 Å². The molecular formula is C11H9BrF3NO2. The highest BCUT2D eigenvalue weighted by atomic mass is 79.9. The molecule has 0 fully saturated rings. The normalized spacial score (nSPS) is 12.2. The Morgan fingerprint density at radius 3 is 2.67 bits per heavy atom. The summed E-state index contributed by atoms with van der Waals surface area (Å²) in [5, 5.41) is 2.56. The molecule has 3 nitrogen and oxygen atoms in total. The van der Waals surface area contributed by atoms with Crippen molar-refractivity contribution in [2.75, 3.05) is 12.4 Å². The second-order valence-electron chi connectivity index (χ2n) is 3.21. The summed E-state index contributed by atoms with van der Waals surface area (Å²) in [5.41, 5.74) is -0.555. The third-order valence-electron chi connectivity index (χ3n) is 1.94. The molecule has 0 aliphatic rings. The van der Waals surface area contributed by atoms with Crippen molar-refractivity contribution in [3.8, 4) is 0 Å². The van der Waals surface area contributed by atoms with Crippen molar-refractivity contribution in [2.24, 2.45) is 0 Å². The predicted molar refractivity (Wildman–Crippen MR) is 64.1 cm³/mol. The topological polar surface area (TPSA) is 38.3 Å². The third kappa shape index (κ3) is 4.06. The van der Waals surface area contributed by atoms with Gasteiger partial charge in [0.2, 0.25) is 0 Å². The molecule has 0 amide bonds. The fourth-order valence-corrected chi connectivity index (χ4v) is 1.36. The SMILES string of the molecule is COC(=O)/C(Br)=C/Nc1cccc(C(F)(F)F)c1. The lowest BCUT2D eigenvalue weighted by Gasteiger charge is -2.08. The number of benzene rings is 1. The van der Waals surface area contributed by atoms with Gasteiger partial charge in [-0.1, -0.05) is 6.07 Å². The monoisotopic (exact) mass is 323 g/mol. The highest BCUT2D eigenvalue weighted by molar-refractivity contribution is 9.12. The van der Waals surface area contributed by atoms with Crippen LogP contribution in [0.5, 0.6) is 0 Å². The van der Waals surface area contributed by atoms with E-state index in [1.165, 1.54) is 25.4 Å². The molecule has 0 radical (unpaired) electrons. The zero-order valence-corrected chi connectivity index (χ0v) is 10.8. The molecule has 0 aliphatic carbocycles. The summed E-state index contributed by atoms with van der Waals surface area (Å²) < 4.78 is 41.7. The van der Waals surface area contributed by atoms with Crippen LogP contribution in [0, 0.1) is 0 Å². The number of ether oxygens (including phenoxy) is 1. The van der Waals surface area contributed by atoms with Crippen molar-refractivity contribution >= 4 is 27.6 Å². The first-order valence-electron chi connectivity index (χ1n) is 4.72. The molecule has 18 heavy (non-hydrogen) atoms. The van der Waals surface area contributed by atoms with Gasteiger partial charge in [0.05, 0.1) is 12.7 Å². The van der Waals surface area contributed by atoms with E-state index < -0.39 is 17.7 Å². The molecule has 0 aromatic heterocycles. The number of methoxy groups -OCH3 is 1. The van der Waals surface area contributed by atoms with Gasteiger partial charge in [-0.05, 0) is 34.1 Å². The quantitative estimate of drug-likeness (QED) is 0.683. The Bertz CT molecular complexity index is 472. The van der Waals surface area contributed by atoms with Crippen LogP contribution in [0.2, 0.25) is 0 Å². The molecule has 0 heterocycles. The summed E-state index contributed by atoms with van der Waals surface area (Å²) in [6.07, 6.45) is -3.19. The fourth-order valence-electron chi connectivity index (χ4n) is 1.09. The van der Waals surface area contributed by atoms with Gasteiger partial charge >= 0.3 is 12.1 Å². The average molecular weight is 324 g/mol. The van der Waals surface area contributed by atoms with Crippen LogP contribution in [0.15, 0.2) is 34.9 Å². The summed E-state index contributed by atoms with van der Waals surface area (Å²) in [5.74, 6) is -0.630. The first-order chi connectivity index (χ1) is 8.34. The first-order valence-corrected chi connectivity index (χ1v) is 5.51. The molecule has 7 heteroatoms. The van der Waals surface area contributed by atoms with E-state index in [4.69, 9.17) is 0 Å². The van der Waals surface area contributed by atoms with E-state index in [1.807, 2.05) is 0 Å². The molecule has 0 bridgehead atoms. The Hall–Kier alpha value is -1.50. The number of alkyl halides is 3. The van der Waals surface area contributed by atoms with Gasteiger partial charge in [0, 0.05) is 11.9 Å². The van der Waals surface area contributed by atoms with Crippen LogP contribution in [-0.2, 0) is 15.7 Å². The second-order valence-corrected chi connectivity index (χ2v) is 4.06. The molecule has 0 saturated heterocycles. The van der Waals surface area contributed by atoms with E-state index >= 15 is 0 Å². The number of halogens is 4. The zero-order chi connectivity index (χ0) is 13.8. The molecule has 1 aromatic carbocycles. The molecule has 0 aliphatic heterocycles. The molecule has 0 spiro atoms. The van der Waals surface area contributed by atoms with E-state index in [0.717, 1.165) is 12.1 Å². The van der Waals surface area contributed by atoms with Gasteiger partial charge in [-0.15, -0.1) is 0 Å². The minimum atomic E-state index is -4.40. The van der Waals surface area contributed by atoms with E-state index in [0.29, 0.717) is 0 Å². The number of rotatable bonds is 3. The molecule has 0 atom stereocenters. The number of hydrogen-bond acceptors (Lipinski definition) is 3. The maximum atomic E-state index is 12.4. The Morgan fingerprint density at radius 1 is 1.44 bits per heavy atom. The average Bonchev–Trinajstić information content (AvgIpc) is 2.34. The minimum Gasteiger partial charge on any atom is -0.465 e. The van der Waals surface area contributed by atoms with E-state index in [1.54, 1.807) is 0 Å². The van der Waals surface area contributed by atoms with E-state index in [-0.39, 0.29) is 10.2 Å². The van der Waals surface area contributed by atoms with Gasteiger partial charge in [0.1, 0.15) is 4.48 Å². The Kier molecular flexibility index (Phi) is 4.77. The smallest absolute Gasteiger partial charge is 0.416 e. The standard InChI is InChI=1S/C11H9BrF3NO2/c1-18-10(17)9(12)6-16-8-4-2-3-7(5-8)11(13,14)15/h2-6,16H,1H3/b9-6-. The first kappa shape index (κ1) is 14.6. The van der Waals surface area contributed by atoms with Crippen LogP contribution < -0.4 is 5.32 Å². The Labute approximate surface area is 110 Å². The summed E-state index contributed by atoms with van der Waals surface area (Å²) in [6, 6.07) is 4.62. The molecule has 98 valence electrons. The number of carbonyl (C=O) groups is 1. The van der Waals surface area contributed by atoms with Crippen LogP contribution in [0.1, 0.15) is 5.56 Å². The van der Waals surface area contributed by atoms with Gasteiger partial charge in [-0.25, -0.2) is 4.79 Å². The van der Waals surface area contributed by atoms with Gasteiger partial charge in [-0.2, -0.15) is 13.2 Å². The highest BCUT2D eigenvalue weighted by Crippen LogP contribution is 2.30. The van der Waals surface area contributed by atoms with E-state index in [2.05, 4.69) is 26.0 Å². The van der Waals surface area contributed by atoms with Gasteiger partial charge in [0.15, 0.2) is 0 Å². The number of anilines is 1. The van der Waals surface area contributed by atoms with Crippen molar-refractivity contribution in [1.29, 1.82) is 0 Å². The van der Waals surface area contributed by atoms with Crippen LogP contribution in [0.3, 0.4) is 0 Å². The molecule has 0 unspecified atom stereocenters. The summed E-state index contributed by atoms with van der Waals surface area (Å²) in [7, 11) is 1.20. The van der Waals surface area contributed by atoms with Gasteiger partial charge < -0.3 is 10.1 Å². The predicted octanol–water partition coefficient (Wildman–Crippen LogP) is 3.53. The number of nitrogens with one attached hydrogen (secondary N) is 1. The minimum absolute atomic E-state index is 0.0717. The van der Waals surface area contributed by atoms with Crippen molar-refractivity contribution in [1.82, 2.24) is 0 Å². The molecule has 1 rings (SSSR count). The molecule has 1 aromatic rings. The lowest BCUT2D eigenvalue weighted by Crippen LogP contribution is -2.05. The van der Waals surface area contributed by atoms with Crippen LogP contribution >= 0.6 is 15.9 Å². The van der Waals surface area contributed by atoms with Gasteiger partial charge in [-0.3, -0.25) is 0 Å². The Balaban J connectivity index is 2.84. The number of esters is 1. The van der Waals surface area contributed by atoms with Crippen LogP contribution in [0.25, 0.3) is 0 Å². The second kappa shape index (κ2) is 5.90. The third-order valence-corrected chi connectivity index (χ3v) is 2.49. The summed E-state index contributed by atoms with van der Waals surface area (Å²) >= 11 is 2.92. The van der Waals surface area contributed by atoms with Crippen molar-refractivity contribution in [3.05, 3.63) is 40.5 Å². The van der Waals surface area contributed by atoms with Crippen molar-refractivity contribution in [2.45, 2.75) is 6.18 Å². The maximum absolute atomic E-state index is 12.4. The number of carbonyl (C=O) groups excluding carboxylic acids is 1. The number of hydrogen-bond donors (Lipinski definition) is 1. The van der Waals surface area contributed by atoms with Crippen LogP contribution in [0.4, 0.5) is 18.9 Å². The lowest BCUT2D eigenvalue weighted by molar-refractivity contribution is -0.137. The molecule has 1 N–H and O–H groups in total. The van der Waals surface area contributed by atoms with Gasteiger partial charge in [0.25, 0.3) is 0 Å². The summed E-state index contributed by atoms with van der Waals surface area (Å²) in [6.45, 7) is 0. The molecule has 0 saturated carbocycles. The largest absolute Gasteiger partial charge is 0.465 e. The Morgan fingerprint density at radius 2 is 2.11 bits per heavy atom. The maximum Gasteiger partial charge on any atom is 0.416 e. The highest BCUT2D eigenvalue weighted by Gasteiger charge is 2.30. The fraction of sp³-hybridized carbons (Fsp3) is 0.182. The van der Waals surface area contributed by atoms with E-state index in [9.17, 15) is 18.0 Å². The summed E-state index contributed by atoms with van der Waals surface area (Å²) in [4.78, 5) is 11.0. The molecular weight excluding hydrogens is 315 g/mol. The van der Waals surface area contributed by atoms with Crippen molar-refractivity contribution in [3.63, 3.8) is 0 Å². The lowest BCUT2D eigenvalue weighted by atomic mass is 10.2.